The van der Waals surface area contributed by atoms with Crippen molar-refractivity contribution in [3.05, 3.63) is 101 Å². The molecule has 0 N–H and O–H groups in total. The fourth-order valence-corrected chi connectivity index (χ4v) is 4.16. The smallest absolute Gasteiger partial charge is 0.201 e. The van der Waals surface area contributed by atoms with Gasteiger partial charge in [-0.2, -0.15) is 0 Å². The number of benzene rings is 3. The Balaban J connectivity index is 1.90. The number of nitrogens with zero attached hydrogens (tertiary/aromatic N) is 1. The van der Waals surface area contributed by atoms with Gasteiger partial charge >= 0.3 is 0 Å². The number of rotatable bonds is 3. The summed E-state index contributed by atoms with van der Waals surface area (Å²) < 4.78 is 2.25. The minimum atomic E-state index is 1.24. The lowest BCUT2D eigenvalue weighted by Crippen LogP contribution is -2.31. The van der Waals surface area contributed by atoms with E-state index in [4.69, 9.17) is 0 Å². The van der Waals surface area contributed by atoms with Gasteiger partial charge in [0.1, 0.15) is 7.05 Å². The lowest BCUT2D eigenvalue weighted by atomic mass is 9.92. The second-order valence-corrected chi connectivity index (χ2v) is 8.08. The number of hydrogen-bond acceptors (Lipinski definition) is 0. The van der Waals surface area contributed by atoms with Gasteiger partial charge in [-0.25, -0.2) is 4.57 Å². The van der Waals surface area contributed by atoms with Gasteiger partial charge in [-0.1, -0.05) is 66.2 Å². The Bertz CT molecular complexity index is 1190. The summed E-state index contributed by atoms with van der Waals surface area (Å²) in [6.07, 6.45) is 2.25. The molecule has 4 rings (SSSR count). The molecule has 29 heavy (non-hydrogen) atoms. The zero-order valence-electron chi connectivity index (χ0n) is 18.0. The van der Waals surface area contributed by atoms with Crippen molar-refractivity contribution in [2.24, 2.45) is 7.05 Å². The van der Waals surface area contributed by atoms with Gasteiger partial charge in [0, 0.05) is 17.2 Å². The predicted molar refractivity (Wildman–Crippen MR) is 123 cm³/mol. The van der Waals surface area contributed by atoms with E-state index in [-0.39, 0.29) is 0 Å². The fraction of sp³-hybridized carbons (Fsp3) is 0.179. The van der Waals surface area contributed by atoms with Crippen LogP contribution in [0.4, 0.5) is 0 Å². The quantitative estimate of drug-likeness (QED) is 0.347. The Morgan fingerprint density at radius 2 is 1.31 bits per heavy atom. The SMILES string of the molecule is Cc1ccc(-c2cc(-c3cc(-c4ccccc4)ccc3C)[n+](C)cc2C)c(C)c1. The van der Waals surface area contributed by atoms with Gasteiger partial charge in [-0.15, -0.1) is 0 Å². The van der Waals surface area contributed by atoms with Crippen LogP contribution in [-0.2, 0) is 7.05 Å². The van der Waals surface area contributed by atoms with Crippen molar-refractivity contribution in [1.29, 1.82) is 0 Å². The molecule has 0 saturated heterocycles. The van der Waals surface area contributed by atoms with Crippen LogP contribution < -0.4 is 4.57 Å². The zero-order chi connectivity index (χ0) is 20.5. The maximum Gasteiger partial charge on any atom is 0.213 e. The molecule has 0 saturated carbocycles. The van der Waals surface area contributed by atoms with Gasteiger partial charge in [-0.3, -0.25) is 0 Å². The van der Waals surface area contributed by atoms with Crippen molar-refractivity contribution in [3.8, 4) is 33.5 Å². The molecule has 1 nitrogen and oxygen atoms in total. The summed E-state index contributed by atoms with van der Waals surface area (Å²) >= 11 is 0. The Hall–Kier alpha value is -3.19. The molecule has 0 atom stereocenters. The Morgan fingerprint density at radius 1 is 0.552 bits per heavy atom. The van der Waals surface area contributed by atoms with Crippen molar-refractivity contribution in [3.63, 3.8) is 0 Å². The first-order chi connectivity index (χ1) is 13.9. The summed E-state index contributed by atoms with van der Waals surface area (Å²) in [6.45, 7) is 8.75. The number of aryl methyl sites for hydroxylation is 5. The number of pyridine rings is 1. The first kappa shape index (κ1) is 19.1. The normalized spacial score (nSPS) is 10.9. The lowest BCUT2D eigenvalue weighted by Gasteiger charge is -2.13. The van der Waals surface area contributed by atoms with Crippen LogP contribution in [0.1, 0.15) is 22.3 Å². The molecule has 0 fully saturated rings. The van der Waals surface area contributed by atoms with E-state index in [1.807, 2.05) is 0 Å². The van der Waals surface area contributed by atoms with Crippen molar-refractivity contribution >= 4 is 0 Å². The molecule has 4 aromatic rings. The largest absolute Gasteiger partial charge is 0.213 e. The summed E-state index contributed by atoms with van der Waals surface area (Å²) in [6, 6.07) is 26.4. The van der Waals surface area contributed by atoms with E-state index in [2.05, 4.69) is 118 Å². The summed E-state index contributed by atoms with van der Waals surface area (Å²) in [5, 5.41) is 0. The van der Waals surface area contributed by atoms with E-state index in [0.717, 1.165) is 0 Å². The van der Waals surface area contributed by atoms with Crippen LogP contribution in [0.2, 0.25) is 0 Å². The topological polar surface area (TPSA) is 3.88 Å². The van der Waals surface area contributed by atoms with Crippen molar-refractivity contribution < 1.29 is 4.57 Å². The van der Waals surface area contributed by atoms with Crippen LogP contribution >= 0.6 is 0 Å². The van der Waals surface area contributed by atoms with Crippen LogP contribution in [0.5, 0.6) is 0 Å². The van der Waals surface area contributed by atoms with Crippen LogP contribution in [0, 0.1) is 27.7 Å². The maximum atomic E-state index is 2.35. The Labute approximate surface area is 174 Å². The van der Waals surface area contributed by atoms with Crippen molar-refractivity contribution in [2.75, 3.05) is 0 Å². The van der Waals surface area contributed by atoms with E-state index in [1.165, 1.54) is 55.8 Å². The molecule has 0 aliphatic heterocycles. The predicted octanol–water partition coefficient (Wildman–Crippen LogP) is 6.75. The number of hydrogen-bond donors (Lipinski definition) is 0. The third kappa shape index (κ3) is 3.73. The second kappa shape index (κ2) is 7.67. The van der Waals surface area contributed by atoms with Crippen LogP contribution in [0.15, 0.2) is 79.0 Å². The van der Waals surface area contributed by atoms with Crippen LogP contribution in [0.3, 0.4) is 0 Å². The lowest BCUT2D eigenvalue weighted by molar-refractivity contribution is -0.660. The molecular weight excluding hydrogens is 350 g/mol. The summed E-state index contributed by atoms with van der Waals surface area (Å²) in [5.74, 6) is 0. The highest BCUT2D eigenvalue weighted by molar-refractivity contribution is 5.77. The minimum Gasteiger partial charge on any atom is -0.201 e. The third-order valence-electron chi connectivity index (χ3n) is 5.77. The highest BCUT2D eigenvalue weighted by Gasteiger charge is 2.18. The molecule has 1 aromatic heterocycles. The summed E-state index contributed by atoms with van der Waals surface area (Å²) in [5.41, 5.74) is 12.8. The Kier molecular flexibility index (Phi) is 5.07. The van der Waals surface area contributed by atoms with Gasteiger partial charge in [0.15, 0.2) is 6.20 Å². The monoisotopic (exact) mass is 378 g/mol. The summed E-state index contributed by atoms with van der Waals surface area (Å²) in [7, 11) is 2.14. The van der Waals surface area contributed by atoms with E-state index < -0.39 is 0 Å². The Morgan fingerprint density at radius 3 is 2.03 bits per heavy atom. The standard InChI is InChI=1S/C28H28N/c1-19-11-14-25(21(3)15-19)26-17-28(29(5)18-22(26)4)27-16-24(13-12-20(27)2)23-9-7-6-8-10-23/h6-18H,1-5H3/q+1. The van der Waals surface area contributed by atoms with Crippen LogP contribution in [0.25, 0.3) is 33.5 Å². The van der Waals surface area contributed by atoms with Crippen LogP contribution in [-0.4, -0.2) is 0 Å². The van der Waals surface area contributed by atoms with Gasteiger partial charge in [0.25, 0.3) is 0 Å². The maximum absolute atomic E-state index is 2.35. The molecule has 0 amide bonds. The molecule has 1 heteroatoms. The highest BCUT2D eigenvalue weighted by atomic mass is 14.9. The average molecular weight is 379 g/mol. The molecule has 0 spiro atoms. The summed E-state index contributed by atoms with van der Waals surface area (Å²) in [4.78, 5) is 0. The second-order valence-electron chi connectivity index (χ2n) is 8.08. The van der Waals surface area contributed by atoms with Gasteiger partial charge in [0.05, 0.1) is 0 Å². The molecule has 1 heterocycles. The molecule has 3 aromatic carbocycles. The fourth-order valence-electron chi connectivity index (χ4n) is 4.16. The first-order valence-corrected chi connectivity index (χ1v) is 10.2. The average Bonchev–Trinajstić information content (AvgIpc) is 2.70. The molecule has 0 unspecified atom stereocenters. The first-order valence-electron chi connectivity index (χ1n) is 10.2. The molecule has 0 radical (unpaired) electrons. The molecule has 0 aliphatic carbocycles. The molecule has 144 valence electrons. The van der Waals surface area contributed by atoms with Gasteiger partial charge in [-0.05, 0) is 67.1 Å². The van der Waals surface area contributed by atoms with Gasteiger partial charge < -0.3 is 0 Å². The molecule has 0 aliphatic rings. The van der Waals surface area contributed by atoms with E-state index in [1.54, 1.807) is 0 Å². The van der Waals surface area contributed by atoms with E-state index in [0.29, 0.717) is 0 Å². The zero-order valence-corrected chi connectivity index (χ0v) is 18.0. The minimum absolute atomic E-state index is 1.24. The molecular formula is C28H28N+. The van der Waals surface area contributed by atoms with Gasteiger partial charge in [0.2, 0.25) is 5.69 Å². The third-order valence-corrected chi connectivity index (χ3v) is 5.77. The highest BCUT2D eigenvalue weighted by Crippen LogP contribution is 2.32. The van der Waals surface area contributed by atoms with Crippen molar-refractivity contribution in [1.82, 2.24) is 0 Å². The van der Waals surface area contributed by atoms with E-state index in [9.17, 15) is 0 Å². The number of aromatic nitrogens is 1. The van der Waals surface area contributed by atoms with E-state index >= 15 is 0 Å². The molecule has 0 bridgehead atoms. The van der Waals surface area contributed by atoms with Crippen molar-refractivity contribution in [2.45, 2.75) is 27.7 Å².